The van der Waals surface area contributed by atoms with Crippen molar-refractivity contribution in [3.05, 3.63) is 124 Å². The summed E-state index contributed by atoms with van der Waals surface area (Å²) < 4.78 is 31.4. The van der Waals surface area contributed by atoms with Crippen LogP contribution >= 0.6 is 15.9 Å². The maximum absolute atomic E-state index is 13.5. The van der Waals surface area contributed by atoms with Crippen LogP contribution in [0.15, 0.2) is 117 Å². The average Bonchev–Trinajstić information content (AvgIpc) is 3.17. The number of nitrogens with one attached hydrogen (secondary N) is 1. The van der Waals surface area contributed by atoms with Crippen LogP contribution in [0.5, 0.6) is 0 Å². The molecule has 0 radical (unpaired) electrons. The second-order valence-electron chi connectivity index (χ2n) is 7.72. The predicted molar refractivity (Wildman–Crippen MR) is 138 cm³/mol. The van der Waals surface area contributed by atoms with Gasteiger partial charge in [0.05, 0.1) is 27.2 Å². The minimum atomic E-state index is -4.09. The molecule has 5 aromatic rings. The van der Waals surface area contributed by atoms with Crippen LogP contribution in [0.3, 0.4) is 0 Å². The predicted octanol–water partition coefficient (Wildman–Crippen LogP) is 4.66. The van der Waals surface area contributed by atoms with Gasteiger partial charge in [-0.1, -0.05) is 52.3 Å². The van der Waals surface area contributed by atoms with Gasteiger partial charge in [-0.3, -0.25) is 9.59 Å². The van der Waals surface area contributed by atoms with E-state index in [1.165, 1.54) is 28.9 Å². The van der Waals surface area contributed by atoms with Crippen LogP contribution < -0.4 is 10.3 Å². The van der Waals surface area contributed by atoms with Crippen LogP contribution in [0.4, 0.5) is 0 Å². The molecule has 0 aliphatic carbocycles. The Bertz CT molecular complexity index is 1710. The molecule has 4 aromatic carbocycles. The van der Waals surface area contributed by atoms with Crippen molar-refractivity contribution in [1.82, 2.24) is 14.1 Å². The molecule has 0 bridgehead atoms. The van der Waals surface area contributed by atoms with Gasteiger partial charge in [-0.25, -0.2) is 22.5 Å². The summed E-state index contributed by atoms with van der Waals surface area (Å²) in [5, 5.41) is 0.284. The molecule has 35 heavy (non-hydrogen) atoms. The van der Waals surface area contributed by atoms with E-state index in [1.54, 1.807) is 22.9 Å². The molecule has 0 aliphatic rings. The van der Waals surface area contributed by atoms with Crippen LogP contribution in [0.1, 0.15) is 10.4 Å². The Kier molecular flexibility index (Phi) is 5.88. The first-order chi connectivity index (χ1) is 16.8. The van der Waals surface area contributed by atoms with Crippen molar-refractivity contribution < 1.29 is 13.2 Å². The Balaban J connectivity index is 1.62. The van der Waals surface area contributed by atoms with Crippen molar-refractivity contribution in [3.8, 4) is 11.4 Å². The third kappa shape index (κ3) is 4.31. The number of sulfonamides is 1. The Morgan fingerprint density at radius 3 is 1.91 bits per heavy atom. The van der Waals surface area contributed by atoms with Crippen LogP contribution in [-0.2, 0) is 10.0 Å². The third-order valence-electron chi connectivity index (χ3n) is 5.46. The summed E-state index contributed by atoms with van der Waals surface area (Å²) in [5.41, 5.74) is 1.72. The molecule has 0 saturated carbocycles. The van der Waals surface area contributed by atoms with Crippen molar-refractivity contribution in [1.29, 1.82) is 0 Å². The molecule has 1 aromatic heterocycles. The zero-order valence-electron chi connectivity index (χ0n) is 18.1. The van der Waals surface area contributed by atoms with Crippen molar-refractivity contribution in [2.75, 3.05) is 0 Å². The lowest BCUT2D eigenvalue weighted by molar-refractivity contribution is 0.0981. The highest BCUT2D eigenvalue weighted by atomic mass is 79.9. The maximum atomic E-state index is 13.5. The zero-order chi connectivity index (χ0) is 24.6. The lowest BCUT2D eigenvalue weighted by Crippen LogP contribution is -2.30. The molecule has 174 valence electrons. The molecule has 0 atom stereocenters. The summed E-state index contributed by atoms with van der Waals surface area (Å²) in [6.07, 6.45) is 0. The van der Waals surface area contributed by atoms with E-state index in [0.717, 1.165) is 5.69 Å². The lowest BCUT2D eigenvalue weighted by Gasteiger charge is -2.13. The molecule has 1 amide bonds. The highest BCUT2D eigenvalue weighted by molar-refractivity contribution is 9.10. The van der Waals surface area contributed by atoms with Gasteiger partial charge in [0.15, 0.2) is 0 Å². The normalized spacial score (nSPS) is 11.5. The van der Waals surface area contributed by atoms with Gasteiger partial charge in [0.2, 0.25) is 0 Å². The van der Waals surface area contributed by atoms with Gasteiger partial charge in [0.25, 0.3) is 21.5 Å². The fourth-order valence-corrected chi connectivity index (χ4v) is 5.06. The van der Waals surface area contributed by atoms with Crippen molar-refractivity contribution in [2.24, 2.45) is 0 Å². The Hall–Kier alpha value is -3.95. The Morgan fingerprint density at radius 1 is 0.743 bits per heavy atom. The number of rotatable bonds is 5. The number of halogens is 1. The van der Waals surface area contributed by atoms with Crippen LogP contribution in [0, 0.1) is 0 Å². The first-order valence-corrected chi connectivity index (χ1v) is 12.8. The van der Waals surface area contributed by atoms with E-state index >= 15 is 0 Å². The highest BCUT2D eigenvalue weighted by Crippen LogP contribution is 2.22. The number of aromatic nitrogens is 2. The van der Waals surface area contributed by atoms with E-state index in [1.807, 2.05) is 60.7 Å². The molecule has 0 unspecified atom stereocenters. The molecule has 1 N–H and O–H groups in total. The highest BCUT2D eigenvalue weighted by Gasteiger charge is 2.21. The lowest BCUT2D eigenvalue weighted by atomic mass is 10.1. The van der Waals surface area contributed by atoms with E-state index in [2.05, 4.69) is 20.7 Å². The van der Waals surface area contributed by atoms with Gasteiger partial charge in [0, 0.05) is 10.0 Å². The molecule has 0 fully saturated rings. The average molecular weight is 548 g/mol. The topological polar surface area (TPSA) is 90.2 Å². The molecule has 1 heterocycles. The molecular formula is C26H18BrN3O4S. The van der Waals surface area contributed by atoms with Gasteiger partial charge in [-0.15, -0.1) is 0 Å². The Morgan fingerprint density at radius 2 is 1.31 bits per heavy atom. The minimum absolute atomic E-state index is 0.0446. The van der Waals surface area contributed by atoms with Crippen LogP contribution in [0.25, 0.3) is 22.3 Å². The van der Waals surface area contributed by atoms with E-state index in [4.69, 9.17) is 0 Å². The van der Waals surface area contributed by atoms with E-state index in [-0.39, 0.29) is 21.4 Å². The summed E-state index contributed by atoms with van der Waals surface area (Å²) in [6.45, 7) is 0. The number of fused-ring (bicyclic) bond motifs is 1. The van der Waals surface area contributed by atoms with Gasteiger partial charge in [0.1, 0.15) is 0 Å². The summed E-state index contributed by atoms with van der Waals surface area (Å²) in [4.78, 5) is 26.4. The summed E-state index contributed by atoms with van der Waals surface area (Å²) in [7, 11) is -4.09. The van der Waals surface area contributed by atoms with E-state index in [9.17, 15) is 18.0 Å². The fraction of sp³-hybridized carbons (Fsp3) is 0. The van der Waals surface area contributed by atoms with Gasteiger partial charge in [-0.2, -0.15) is 0 Å². The first-order valence-electron chi connectivity index (χ1n) is 10.6. The number of benzene rings is 4. The zero-order valence-corrected chi connectivity index (χ0v) is 20.5. The summed E-state index contributed by atoms with van der Waals surface area (Å²) in [6, 6.07) is 29.0. The number of carbonyl (C=O) groups is 1. The van der Waals surface area contributed by atoms with Crippen molar-refractivity contribution in [3.63, 3.8) is 0 Å². The number of nitrogens with zero attached hydrogens (tertiary/aromatic N) is 2. The molecule has 5 rings (SSSR count). The monoisotopic (exact) mass is 547 g/mol. The Labute approximate surface area is 209 Å². The van der Waals surface area contributed by atoms with Crippen molar-refractivity contribution in [2.45, 2.75) is 4.90 Å². The second-order valence-corrected chi connectivity index (χ2v) is 10.3. The standard InChI is InChI=1S/C26H18BrN3O4S/c27-19-12-14-22(15-13-19)35(33,34)28-25(31)18-11-16-24-23(17-18)26(32)30(21-9-5-2-6-10-21)29(24)20-7-3-1-4-8-20/h1-17H,(H,28,31). The smallest absolute Gasteiger partial charge is 0.268 e. The largest absolute Gasteiger partial charge is 0.279 e. The summed E-state index contributed by atoms with van der Waals surface area (Å²) in [5.74, 6) is -0.826. The van der Waals surface area contributed by atoms with E-state index in [0.29, 0.717) is 15.7 Å². The van der Waals surface area contributed by atoms with Gasteiger partial charge in [-0.05, 0) is 66.7 Å². The number of hydrogen-bond acceptors (Lipinski definition) is 4. The quantitative estimate of drug-likeness (QED) is 0.346. The fourth-order valence-electron chi connectivity index (χ4n) is 3.83. The molecule has 0 saturated heterocycles. The summed E-state index contributed by atoms with van der Waals surface area (Å²) >= 11 is 3.26. The minimum Gasteiger partial charge on any atom is -0.268 e. The van der Waals surface area contributed by atoms with E-state index < -0.39 is 15.9 Å². The number of carbonyl (C=O) groups excluding carboxylic acids is 1. The third-order valence-corrected chi connectivity index (χ3v) is 7.34. The molecule has 7 nitrogen and oxygen atoms in total. The molecule has 0 aliphatic heterocycles. The van der Waals surface area contributed by atoms with Crippen molar-refractivity contribution >= 4 is 42.8 Å². The maximum Gasteiger partial charge on any atom is 0.279 e. The molecular weight excluding hydrogens is 530 g/mol. The number of para-hydroxylation sites is 2. The second kappa shape index (κ2) is 9.01. The first kappa shape index (κ1) is 22.8. The van der Waals surface area contributed by atoms with Gasteiger partial charge < -0.3 is 0 Å². The van der Waals surface area contributed by atoms with Crippen LogP contribution in [-0.4, -0.2) is 23.7 Å². The number of amides is 1. The molecule has 0 spiro atoms. The number of hydrogen-bond donors (Lipinski definition) is 1. The van der Waals surface area contributed by atoms with Crippen LogP contribution in [0.2, 0.25) is 0 Å². The van der Waals surface area contributed by atoms with Gasteiger partial charge >= 0.3 is 0 Å². The SMILES string of the molecule is O=C(NS(=O)(=O)c1ccc(Br)cc1)c1ccc2c(c1)c(=O)n(-c1ccccc1)n2-c1ccccc1. The molecule has 9 heteroatoms.